The summed E-state index contributed by atoms with van der Waals surface area (Å²) in [7, 11) is 0. The van der Waals surface area contributed by atoms with Crippen molar-refractivity contribution in [2.45, 2.75) is 0 Å². The largest absolute Gasteiger partial charge is 0.398 e. The number of allylic oxidation sites excluding steroid dienone is 1. The van der Waals surface area contributed by atoms with E-state index in [1.54, 1.807) is 0 Å². The molecule has 0 atom stereocenters. The van der Waals surface area contributed by atoms with Crippen molar-refractivity contribution in [3.63, 3.8) is 0 Å². The van der Waals surface area contributed by atoms with Gasteiger partial charge in [0, 0.05) is 0 Å². The molecular weight excluding hydrogens is 104 g/mol. The summed E-state index contributed by atoms with van der Waals surface area (Å²) in [5.74, 6) is -0.243. The van der Waals surface area contributed by atoms with Gasteiger partial charge in [-0.3, -0.25) is 0 Å². The van der Waals surface area contributed by atoms with Crippen LogP contribution in [0.1, 0.15) is 0 Å². The SMILES string of the molecule is [C-]#[N+]/C(N)=C(\N)C#N. The second-order valence-corrected chi connectivity index (χ2v) is 1.02. The lowest BCUT2D eigenvalue weighted by molar-refractivity contribution is 1.27. The Morgan fingerprint density at radius 2 is 2.12 bits per heavy atom. The fraction of sp³-hybridized carbons (Fsp3) is 0. The maximum absolute atomic E-state index is 7.98. The maximum atomic E-state index is 7.98. The number of nitriles is 1. The summed E-state index contributed by atoms with van der Waals surface area (Å²) in [6, 6.07) is 1.53. The van der Waals surface area contributed by atoms with E-state index in [-0.39, 0.29) is 11.5 Å². The van der Waals surface area contributed by atoms with Crippen LogP contribution in [0, 0.1) is 17.9 Å². The van der Waals surface area contributed by atoms with E-state index >= 15 is 0 Å². The number of hydrogen-bond acceptors (Lipinski definition) is 3. The minimum absolute atomic E-state index is 0.222. The molecule has 0 saturated heterocycles. The molecule has 0 unspecified atom stereocenters. The van der Waals surface area contributed by atoms with Crippen LogP contribution in [0.5, 0.6) is 0 Å². The summed E-state index contributed by atoms with van der Waals surface area (Å²) in [6.07, 6.45) is 0. The highest BCUT2D eigenvalue weighted by molar-refractivity contribution is 5.25. The molecule has 0 spiro atoms. The van der Waals surface area contributed by atoms with Crippen molar-refractivity contribution < 1.29 is 0 Å². The summed E-state index contributed by atoms with van der Waals surface area (Å²) < 4.78 is 0. The zero-order valence-electron chi connectivity index (χ0n) is 4.05. The predicted molar refractivity (Wildman–Crippen MR) is 27.6 cm³/mol. The van der Waals surface area contributed by atoms with Crippen LogP contribution in [0.25, 0.3) is 4.85 Å². The summed E-state index contributed by atoms with van der Waals surface area (Å²) >= 11 is 0. The van der Waals surface area contributed by atoms with Gasteiger partial charge in [0.05, 0.1) is 0 Å². The van der Waals surface area contributed by atoms with Crippen molar-refractivity contribution in [2.24, 2.45) is 11.5 Å². The highest BCUT2D eigenvalue weighted by Gasteiger charge is 1.89. The molecule has 40 valence electrons. The number of rotatable bonds is 0. The van der Waals surface area contributed by atoms with Gasteiger partial charge in [-0.25, -0.2) is 0 Å². The Labute approximate surface area is 46.8 Å². The molecule has 0 radical (unpaired) electrons. The predicted octanol–water partition coefficient (Wildman–Crippen LogP) is -0.484. The summed E-state index contributed by atoms with van der Waals surface area (Å²) in [6.45, 7) is 6.25. The van der Waals surface area contributed by atoms with Crippen molar-refractivity contribution in [1.82, 2.24) is 0 Å². The van der Waals surface area contributed by atoms with E-state index in [2.05, 4.69) is 4.85 Å². The Morgan fingerprint density at radius 1 is 1.62 bits per heavy atom. The van der Waals surface area contributed by atoms with Gasteiger partial charge in [-0.2, -0.15) is 5.26 Å². The average molecular weight is 108 g/mol. The van der Waals surface area contributed by atoms with E-state index in [0.29, 0.717) is 0 Å². The van der Waals surface area contributed by atoms with Gasteiger partial charge in [-0.05, 0) is 0 Å². The molecule has 4 heteroatoms. The molecule has 0 aliphatic rings. The molecule has 4 N–H and O–H groups in total. The Hall–Kier alpha value is -1.68. The second kappa shape index (κ2) is 2.49. The van der Waals surface area contributed by atoms with Crippen molar-refractivity contribution in [3.8, 4) is 6.07 Å². The molecule has 0 saturated carbocycles. The number of hydrogen-bond donors (Lipinski definition) is 2. The third-order valence-electron chi connectivity index (χ3n) is 0.517. The molecule has 0 aliphatic carbocycles. The van der Waals surface area contributed by atoms with Gasteiger partial charge in [0.15, 0.2) is 0 Å². The molecule has 8 heavy (non-hydrogen) atoms. The zero-order chi connectivity index (χ0) is 6.57. The third-order valence-corrected chi connectivity index (χ3v) is 0.517. The first kappa shape index (κ1) is 6.32. The Morgan fingerprint density at radius 3 is 2.25 bits per heavy atom. The molecule has 0 amide bonds. The highest BCUT2D eigenvalue weighted by atomic mass is 14.9. The standard InChI is InChI=1S/C4H4N4/c1-8-4(7)3(6)2-5/h6-7H2/b4-3-. The molecular formula is C4H4N4. The zero-order valence-corrected chi connectivity index (χ0v) is 4.05. The van der Waals surface area contributed by atoms with E-state index < -0.39 is 0 Å². The average Bonchev–Trinajstić information content (AvgIpc) is 1.84. The summed E-state index contributed by atoms with van der Waals surface area (Å²) in [4.78, 5) is 2.72. The van der Waals surface area contributed by atoms with E-state index in [9.17, 15) is 0 Å². The van der Waals surface area contributed by atoms with Crippen molar-refractivity contribution in [1.29, 1.82) is 5.26 Å². The maximum Gasteiger partial charge on any atom is 0.254 e. The third kappa shape index (κ3) is 1.19. The molecule has 0 aromatic rings. The molecule has 0 rings (SSSR count). The van der Waals surface area contributed by atoms with Crippen molar-refractivity contribution in [2.75, 3.05) is 0 Å². The smallest absolute Gasteiger partial charge is 0.254 e. The molecule has 0 bridgehead atoms. The molecule has 4 nitrogen and oxygen atoms in total. The normalized spacial score (nSPS) is 10.8. The summed E-state index contributed by atoms with van der Waals surface area (Å²) in [5, 5.41) is 7.98. The molecule has 0 aromatic heterocycles. The van der Waals surface area contributed by atoms with Crippen LogP contribution >= 0.6 is 0 Å². The number of nitrogens with zero attached hydrogens (tertiary/aromatic N) is 2. The monoisotopic (exact) mass is 108 g/mol. The lowest BCUT2D eigenvalue weighted by Crippen LogP contribution is -2.03. The fourth-order valence-electron chi connectivity index (χ4n) is 0.118. The van der Waals surface area contributed by atoms with Gasteiger partial charge in [-0.15, -0.1) is 0 Å². The Bertz CT molecular complexity index is 167. The van der Waals surface area contributed by atoms with Crippen LogP contribution in [0.3, 0.4) is 0 Å². The van der Waals surface area contributed by atoms with Crippen LogP contribution in [0.4, 0.5) is 0 Å². The first-order valence-corrected chi connectivity index (χ1v) is 1.75. The van der Waals surface area contributed by atoms with Crippen LogP contribution in [0.2, 0.25) is 0 Å². The fourth-order valence-corrected chi connectivity index (χ4v) is 0.118. The minimum atomic E-state index is -0.243. The highest BCUT2D eigenvalue weighted by Crippen LogP contribution is 1.87. The first-order chi connectivity index (χ1) is 3.72. The lowest BCUT2D eigenvalue weighted by Gasteiger charge is -1.85. The topological polar surface area (TPSA) is 80.2 Å². The Kier molecular flexibility index (Phi) is 1.96. The van der Waals surface area contributed by atoms with Crippen molar-refractivity contribution >= 4 is 0 Å². The molecule has 0 heterocycles. The van der Waals surface area contributed by atoms with Gasteiger partial charge in [0.25, 0.3) is 5.82 Å². The minimum Gasteiger partial charge on any atom is -0.398 e. The van der Waals surface area contributed by atoms with Crippen LogP contribution < -0.4 is 11.5 Å². The van der Waals surface area contributed by atoms with Crippen molar-refractivity contribution in [3.05, 3.63) is 22.9 Å². The quantitative estimate of drug-likeness (QED) is 0.324. The van der Waals surface area contributed by atoms with Gasteiger partial charge in [-0.1, -0.05) is 6.57 Å². The van der Waals surface area contributed by atoms with E-state index in [1.165, 1.54) is 6.07 Å². The van der Waals surface area contributed by atoms with Gasteiger partial charge in [0.2, 0.25) is 0 Å². The first-order valence-electron chi connectivity index (χ1n) is 1.75. The second-order valence-electron chi connectivity index (χ2n) is 1.02. The van der Waals surface area contributed by atoms with Gasteiger partial charge < -0.3 is 16.3 Å². The molecule has 0 aliphatic heterocycles. The van der Waals surface area contributed by atoms with E-state index in [4.69, 9.17) is 23.3 Å². The van der Waals surface area contributed by atoms with Crippen LogP contribution in [-0.2, 0) is 0 Å². The molecule has 0 fully saturated rings. The van der Waals surface area contributed by atoms with Crippen LogP contribution in [0.15, 0.2) is 11.5 Å². The van der Waals surface area contributed by atoms with Gasteiger partial charge in [0.1, 0.15) is 11.8 Å². The lowest BCUT2D eigenvalue weighted by atomic mass is 10.5. The van der Waals surface area contributed by atoms with E-state index in [0.717, 1.165) is 0 Å². The summed E-state index contributed by atoms with van der Waals surface area (Å²) in [5.41, 5.74) is 9.59. The Balaban J connectivity index is 4.41. The number of nitrogens with two attached hydrogens (primary N) is 2. The van der Waals surface area contributed by atoms with E-state index in [1.807, 2.05) is 0 Å². The molecule has 0 aromatic carbocycles. The van der Waals surface area contributed by atoms with Gasteiger partial charge >= 0.3 is 0 Å². The van der Waals surface area contributed by atoms with Crippen LogP contribution in [-0.4, -0.2) is 0 Å².